The first kappa shape index (κ1) is 41.7. The lowest BCUT2D eigenvalue weighted by molar-refractivity contribution is 0.332. The molecular weight excluding hydrogens is 771 g/mol. The Kier molecular flexibility index (Phi) is 10.1. The topological polar surface area (TPSA) is 6.48 Å². The predicted octanol–water partition coefficient (Wildman–Crippen LogP) is 15.5. The van der Waals surface area contributed by atoms with Crippen molar-refractivity contribution >= 4 is 57.2 Å². The van der Waals surface area contributed by atoms with Crippen LogP contribution >= 0.6 is 0 Å². The molecule has 3 heteroatoms. The number of fused-ring (bicyclic) bond motifs is 5. The van der Waals surface area contributed by atoms with Crippen molar-refractivity contribution in [3.63, 3.8) is 0 Å². The van der Waals surface area contributed by atoms with E-state index in [1.54, 1.807) is 0 Å². The smallest absolute Gasteiger partial charge is 0.252 e. The third-order valence-corrected chi connectivity index (χ3v) is 16.7. The molecule has 0 saturated heterocycles. The SMILES string of the molecule is Cc1cc2c3c(c1)N(c1ccc(C(C)(C)C)cc1-c1ccccc1)c1cc4c(cc1B3c1cc(C3CCCCC3)ccc1N2c1ccc(C2CCCCC2)cc1)C(C)(C)CCC4(C)C. The summed E-state index contributed by atoms with van der Waals surface area (Å²) in [6, 6.07) is 46.5. The number of nitrogens with zero attached hydrogens (tertiary/aromatic N) is 2. The lowest BCUT2D eigenvalue weighted by Crippen LogP contribution is -2.62. The molecule has 0 unspecified atom stereocenters. The van der Waals surface area contributed by atoms with Crippen molar-refractivity contribution in [2.45, 2.75) is 161 Å². The summed E-state index contributed by atoms with van der Waals surface area (Å²) in [5, 5.41) is 0. The van der Waals surface area contributed by atoms with Crippen molar-refractivity contribution in [2.24, 2.45) is 0 Å². The first-order valence-electron chi connectivity index (χ1n) is 25.1. The molecule has 0 atom stereocenters. The van der Waals surface area contributed by atoms with E-state index in [1.165, 1.54) is 172 Å². The van der Waals surface area contributed by atoms with Crippen molar-refractivity contribution < 1.29 is 0 Å². The van der Waals surface area contributed by atoms with E-state index in [9.17, 15) is 0 Å². The maximum atomic E-state index is 2.72. The summed E-state index contributed by atoms with van der Waals surface area (Å²) in [5.41, 5.74) is 23.7. The number of hydrogen-bond donors (Lipinski definition) is 0. The predicted molar refractivity (Wildman–Crippen MR) is 276 cm³/mol. The Morgan fingerprint density at radius 3 is 1.72 bits per heavy atom. The summed E-state index contributed by atoms with van der Waals surface area (Å²) < 4.78 is 0. The fourth-order valence-corrected chi connectivity index (χ4v) is 12.8. The van der Waals surface area contributed by atoms with Crippen molar-refractivity contribution in [3.8, 4) is 11.1 Å². The molecule has 3 aliphatic carbocycles. The Morgan fingerprint density at radius 1 is 0.516 bits per heavy atom. The molecule has 2 saturated carbocycles. The van der Waals surface area contributed by atoms with Crippen LogP contribution in [0.2, 0.25) is 0 Å². The number of aryl methyl sites for hydroxylation is 1. The van der Waals surface area contributed by atoms with Crippen LogP contribution < -0.4 is 26.2 Å². The Labute approximate surface area is 385 Å². The summed E-state index contributed by atoms with van der Waals surface area (Å²) in [4.78, 5) is 5.37. The molecule has 0 amide bonds. The van der Waals surface area contributed by atoms with E-state index in [0.29, 0.717) is 11.8 Å². The Hall–Kier alpha value is -5.02. The fourth-order valence-electron chi connectivity index (χ4n) is 12.8. The van der Waals surface area contributed by atoms with Crippen LogP contribution in [-0.2, 0) is 16.2 Å². The molecule has 0 aromatic heterocycles. The van der Waals surface area contributed by atoms with Gasteiger partial charge in [-0.05, 0) is 177 Å². The molecule has 6 aromatic carbocycles. The Balaban J connectivity index is 1.22. The second kappa shape index (κ2) is 15.6. The van der Waals surface area contributed by atoms with Gasteiger partial charge in [0.2, 0.25) is 0 Å². The molecule has 64 heavy (non-hydrogen) atoms. The molecular formula is C61H69BN2. The fraction of sp³-hybridized carbons (Fsp3) is 0.410. The van der Waals surface area contributed by atoms with Gasteiger partial charge in [-0.25, -0.2) is 0 Å². The highest BCUT2D eigenvalue weighted by Crippen LogP contribution is 2.52. The summed E-state index contributed by atoms with van der Waals surface area (Å²) in [6.45, 7) is 19.5. The van der Waals surface area contributed by atoms with Crippen molar-refractivity contribution in [3.05, 3.63) is 149 Å². The van der Waals surface area contributed by atoms with Crippen molar-refractivity contribution in [2.75, 3.05) is 9.80 Å². The van der Waals surface area contributed by atoms with Gasteiger partial charge < -0.3 is 9.80 Å². The lowest BCUT2D eigenvalue weighted by atomic mass is 9.33. The average Bonchev–Trinajstić information content (AvgIpc) is 3.30. The van der Waals surface area contributed by atoms with E-state index >= 15 is 0 Å². The average molecular weight is 841 g/mol. The molecule has 11 rings (SSSR count). The van der Waals surface area contributed by atoms with Crippen LogP contribution in [0.3, 0.4) is 0 Å². The first-order chi connectivity index (χ1) is 30.8. The molecule has 2 aliphatic heterocycles. The molecule has 2 nitrogen and oxygen atoms in total. The van der Waals surface area contributed by atoms with Gasteiger partial charge in [0.15, 0.2) is 0 Å². The number of rotatable bonds is 5. The molecule has 0 spiro atoms. The normalized spacial score (nSPS) is 19.2. The minimum atomic E-state index is 0.0108. The maximum Gasteiger partial charge on any atom is 0.252 e. The molecule has 0 radical (unpaired) electrons. The number of benzene rings is 6. The van der Waals surface area contributed by atoms with Crippen LogP contribution in [0.5, 0.6) is 0 Å². The molecule has 2 fully saturated rings. The van der Waals surface area contributed by atoms with Gasteiger partial charge in [-0.3, -0.25) is 0 Å². The van der Waals surface area contributed by atoms with Gasteiger partial charge >= 0.3 is 0 Å². The third kappa shape index (κ3) is 6.98. The van der Waals surface area contributed by atoms with Gasteiger partial charge in [0, 0.05) is 34.0 Å². The summed E-state index contributed by atoms with van der Waals surface area (Å²) >= 11 is 0. The van der Waals surface area contributed by atoms with Crippen LogP contribution in [0, 0.1) is 6.92 Å². The van der Waals surface area contributed by atoms with E-state index in [1.807, 2.05) is 0 Å². The van der Waals surface area contributed by atoms with E-state index in [4.69, 9.17) is 0 Å². The highest BCUT2D eigenvalue weighted by molar-refractivity contribution is 7.00. The Morgan fingerprint density at radius 2 is 1.08 bits per heavy atom. The summed E-state index contributed by atoms with van der Waals surface area (Å²) in [6.07, 6.45) is 15.7. The Bertz CT molecular complexity index is 2740. The van der Waals surface area contributed by atoms with Gasteiger partial charge in [0.1, 0.15) is 0 Å². The lowest BCUT2D eigenvalue weighted by Gasteiger charge is -2.48. The van der Waals surface area contributed by atoms with Crippen LogP contribution in [0.15, 0.2) is 115 Å². The first-order valence-corrected chi connectivity index (χ1v) is 25.1. The van der Waals surface area contributed by atoms with E-state index < -0.39 is 0 Å². The highest BCUT2D eigenvalue weighted by Gasteiger charge is 2.47. The number of anilines is 6. The summed E-state index contributed by atoms with van der Waals surface area (Å²) in [7, 11) is 0. The van der Waals surface area contributed by atoms with Gasteiger partial charge in [-0.15, -0.1) is 0 Å². The molecule has 5 aliphatic rings. The van der Waals surface area contributed by atoms with Crippen LogP contribution in [0.4, 0.5) is 34.1 Å². The zero-order valence-corrected chi connectivity index (χ0v) is 40.1. The minimum Gasteiger partial charge on any atom is -0.311 e. The zero-order valence-electron chi connectivity index (χ0n) is 40.1. The van der Waals surface area contributed by atoms with Crippen LogP contribution in [-0.4, -0.2) is 6.71 Å². The van der Waals surface area contributed by atoms with Gasteiger partial charge in [0.05, 0.1) is 5.69 Å². The molecule has 6 aromatic rings. The van der Waals surface area contributed by atoms with Crippen molar-refractivity contribution in [1.82, 2.24) is 0 Å². The van der Waals surface area contributed by atoms with E-state index in [0.717, 1.165) is 0 Å². The quantitative estimate of drug-likeness (QED) is 0.159. The monoisotopic (exact) mass is 841 g/mol. The minimum absolute atomic E-state index is 0.0108. The second-order valence-corrected chi connectivity index (χ2v) is 23.0. The summed E-state index contributed by atoms with van der Waals surface area (Å²) in [5.74, 6) is 1.30. The molecule has 326 valence electrons. The highest BCUT2D eigenvalue weighted by atomic mass is 15.2. The van der Waals surface area contributed by atoms with Gasteiger partial charge in [0.25, 0.3) is 6.71 Å². The molecule has 2 heterocycles. The zero-order chi connectivity index (χ0) is 44.1. The number of hydrogen-bond acceptors (Lipinski definition) is 2. The standard InChI is InChI=1S/C61H69BN2/c1-40-34-56-58-57(35-40)64(53-31-27-46(59(2,3)4)37-48(53)44-22-16-11-17-23-44)55-39-50-49(60(5,6)32-33-61(50,7)8)38-52(55)62(58)51-36-45(42-20-14-10-15-21-42)26-30-54(51)63(56)47-28-24-43(25-29-47)41-18-12-9-13-19-41/h11,16-17,22-31,34-39,41-42H,9-10,12-15,18-21,32-33H2,1-8H3. The largest absolute Gasteiger partial charge is 0.311 e. The van der Waals surface area contributed by atoms with Crippen LogP contribution in [0.1, 0.15) is 171 Å². The second-order valence-electron chi connectivity index (χ2n) is 23.0. The van der Waals surface area contributed by atoms with Crippen molar-refractivity contribution in [1.29, 1.82) is 0 Å². The molecule has 0 N–H and O–H groups in total. The third-order valence-electron chi connectivity index (χ3n) is 16.7. The van der Waals surface area contributed by atoms with E-state index in [2.05, 4.69) is 180 Å². The van der Waals surface area contributed by atoms with E-state index in [-0.39, 0.29) is 23.0 Å². The van der Waals surface area contributed by atoms with Gasteiger partial charge in [-0.2, -0.15) is 0 Å². The van der Waals surface area contributed by atoms with Crippen LogP contribution in [0.25, 0.3) is 11.1 Å². The van der Waals surface area contributed by atoms with Gasteiger partial charge in [-0.1, -0.05) is 154 Å². The maximum absolute atomic E-state index is 2.72. The molecule has 0 bridgehead atoms.